The predicted molar refractivity (Wildman–Crippen MR) is 133 cm³/mol. The number of likely N-dealkylation sites (N-methyl/N-ethyl adjacent to an activating group) is 1. The SMILES string of the molecule is CC[C@H](NC(=O)Nc1cc(OC)cc(OC)c1)c1c(-n2cccc2)sc2c1CCN(CC)C2. The molecule has 1 aliphatic heterocycles. The molecule has 2 N–H and O–H groups in total. The van der Waals surface area contributed by atoms with E-state index in [0.717, 1.165) is 32.5 Å². The number of hydrogen-bond donors (Lipinski definition) is 2. The summed E-state index contributed by atoms with van der Waals surface area (Å²) in [6.07, 6.45) is 5.95. The summed E-state index contributed by atoms with van der Waals surface area (Å²) < 4.78 is 12.8. The zero-order valence-corrected chi connectivity index (χ0v) is 20.5. The van der Waals surface area contributed by atoms with E-state index in [1.807, 2.05) is 23.5 Å². The molecule has 1 atom stereocenters. The van der Waals surface area contributed by atoms with Crippen molar-refractivity contribution >= 4 is 23.1 Å². The Bertz CT molecular complexity index is 1070. The number of fused-ring (bicyclic) bond motifs is 1. The molecule has 1 aliphatic rings. The van der Waals surface area contributed by atoms with Crippen LogP contribution in [0.25, 0.3) is 5.00 Å². The van der Waals surface area contributed by atoms with E-state index in [4.69, 9.17) is 9.47 Å². The molecule has 7 nitrogen and oxygen atoms in total. The maximum Gasteiger partial charge on any atom is 0.319 e. The fraction of sp³-hybridized carbons (Fsp3) is 0.400. The van der Waals surface area contributed by atoms with Crippen LogP contribution >= 0.6 is 11.3 Å². The molecule has 8 heteroatoms. The first kappa shape index (κ1) is 23.2. The molecule has 3 aromatic rings. The van der Waals surface area contributed by atoms with Gasteiger partial charge in [0.1, 0.15) is 16.5 Å². The molecule has 0 saturated carbocycles. The summed E-state index contributed by atoms with van der Waals surface area (Å²) in [7, 11) is 3.18. The maximum absolute atomic E-state index is 13.0. The largest absolute Gasteiger partial charge is 0.497 e. The molecule has 1 aromatic carbocycles. The van der Waals surface area contributed by atoms with Crippen LogP contribution in [0.3, 0.4) is 0 Å². The van der Waals surface area contributed by atoms with Gasteiger partial charge in [-0.2, -0.15) is 0 Å². The van der Waals surface area contributed by atoms with Crippen molar-refractivity contribution in [3.05, 3.63) is 58.7 Å². The van der Waals surface area contributed by atoms with Gasteiger partial charge in [-0.1, -0.05) is 13.8 Å². The van der Waals surface area contributed by atoms with Crippen molar-refractivity contribution < 1.29 is 14.3 Å². The Morgan fingerprint density at radius 3 is 2.42 bits per heavy atom. The first-order valence-electron chi connectivity index (χ1n) is 11.4. The molecule has 0 spiro atoms. The molecule has 0 unspecified atom stereocenters. The molecular weight excluding hydrogens is 436 g/mol. The number of anilines is 1. The van der Waals surface area contributed by atoms with E-state index in [0.29, 0.717) is 17.2 Å². The van der Waals surface area contributed by atoms with E-state index in [1.54, 1.807) is 32.4 Å². The number of carbonyl (C=O) groups is 1. The molecule has 3 heterocycles. The molecule has 4 rings (SSSR count). The monoisotopic (exact) mass is 468 g/mol. The lowest BCUT2D eigenvalue weighted by molar-refractivity contribution is 0.247. The summed E-state index contributed by atoms with van der Waals surface area (Å²) in [5, 5.41) is 7.36. The molecular formula is C25H32N4O3S. The Labute approximate surface area is 199 Å². The maximum atomic E-state index is 13.0. The number of hydrogen-bond acceptors (Lipinski definition) is 5. The number of benzene rings is 1. The van der Waals surface area contributed by atoms with Crippen molar-refractivity contribution in [1.29, 1.82) is 0 Å². The van der Waals surface area contributed by atoms with Gasteiger partial charge in [-0.15, -0.1) is 11.3 Å². The van der Waals surface area contributed by atoms with E-state index in [-0.39, 0.29) is 12.1 Å². The highest BCUT2D eigenvalue weighted by molar-refractivity contribution is 7.15. The topological polar surface area (TPSA) is 67.8 Å². The molecule has 0 bridgehead atoms. The second kappa shape index (κ2) is 10.3. The highest BCUT2D eigenvalue weighted by atomic mass is 32.1. The van der Waals surface area contributed by atoms with Gasteiger partial charge in [0.15, 0.2) is 0 Å². The Morgan fingerprint density at radius 2 is 1.82 bits per heavy atom. The van der Waals surface area contributed by atoms with Gasteiger partial charge in [-0.25, -0.2) is 4.79 Å². The number of nitrogens with zero attached hydrogens (tertiary/aromatic N) is 2. The summed E-state index contributed by atoms with van der Waals surface area (Å²) >= 11 is 1.84. The molecule has 0 fully saturated rings. The third-order valence-corrected chi connectivity index (χ3v) is 7.36. The quantitative estimate of drug-likeness (QED) is 0.476. The summed E-state index contributed by atoms with van der Waals surface area (Å²) in [6.45, 7) is 7.39. The Hall–Kier alpha value is -2.97. The van der Waals surface area contributed by atoms with Crippen LogP contribution in [0.2, 0.25) is 0 Å². The predicted octanol–water partition coefficient (Wildman–Crippen LogP) is 5.21. The van der Waals surface area contributed by atoms with Crippen molar-refractivity contribution in [3.63, 3.8) is 0 Å². The van der Waals surface area contributed by atoms with Gasteiger partial charge >= 0.3 is 6.03 Å². The number of urea groups is 1. The summed E-state index contributed by atoms with van der Waals surface area (Å²) in [5.74, 6) is 1.25. The van der Waals surface area contributed by atoms with Crippen molar-refractivity contribution in [3.8, 4) is 16.5 Å². The zero-order chi connectivity index (χ0) is 23.4. The first-order chi connectivity index (χ1) is 16.1. The van der Waals surface area contributed by atoms with Crippen LogP contribution in [0.15, 0.2) is 42.7 Å². The van der Waals surface area contributed by atoms with E-state index < -0.39 is 0 Å². The number of carbonyl (C=O) groups excluding carboxylic acids is 1. The van der Waals surface area contributed by atoms with Gasteiger partial charge in [-0.3, -0.25) is 4.90 Å². The van der Waals surface area contributed by atoms with E-state index in [9.17, 15) is 4.79 Å². The standard InChI is InChI=1S/C25H32N4O3S/c1-5-21(27-25(30)26-17-13-18(31-3)15-19(14-17)32-4)23-20-9-12-28(6-2)16-22(20)33-24(23)29-10-7-8-11-29/h7-8,10-11,13-15,21H,5-6,9,12,16H2,1-4H3,(H2,26,27,30)/t21-/m0/s1. The fourth-order valence-corrected chi connectivity index (χ4v) is 5.76. The lowest BCUT2D eigenvalue weighted by Crippen LogP contribution is -2.34. The molecule has 2 amide bonds. The van der Waals surface area contributed by atoms with Gasteiger partial charge in [0, 0.05) is 59.8 Å². The number of aromatic nitrogens is 1. The van der Waals surface area contributed by atoms with Gasteiger partial charge < -0.3 is 24.7 Å². The van der Waals surface area contributed by atoms with E-state index in [2.05, 4.69) is 46.3 Å². The van der Waals surface area contributed by atoms with Crippen molar-refractivity contribution in [1.82, 2.24) is 14.8 Å². The second-order valence-electron chi connectivity index (χ2n) is 8.09. The van der Waals surface area contributed by atoms with Gasteiger partial charge in [-0.05, 0) is 37.1 Å². The van der Waals surface area contributed by atoms with E-state index >= 15 is 0 Å². The molecule has 0 aliphatic carbocycles. The van der Waals surface area contributed by atoms with Crippen molar-refractivity contribution in [2.75, 3.05) is 32.6 Å². The average molecular weight is 469 g/mol. The molecule has 33 heavy (non-hydrogen) atoms. The Balaban J connectivity index is 1.61. The summed E-state index contributed by atoms with van der Waals surface area (Å²) in [5.41, 5.74) is 3.25. The van der Waals surface area contributed by atoms with Crippen LogP contribution < -0.4 is 20.1 Å². The number of ether oxygens (including phenoxy) is 2. The number of nitrogens with one attached hydrogen (secondary N) is 2. The lowest BCUT2D eigenvalue weighted by Gasteiger charge is -2.27. The minimum absolute atomic E-state index is 0.0944. The average Bonchev–Trinajstić information content (AvgIpc) is 3.49. The highest BCUT2D eigenvalue weighted by Crippen LogP contribution is 2.40. The van der Waals surface area contributed by atoms with Crippen LogP contribution in [0, 0.1) is 0 Å². The fourth-order valence-electron chi connectivity index (χ4n) is 4.34. The minimum atomic E-state index is -0.249. The van der Waals surface area contributed by atoms with Crippen molar-refractivity contribution in [2.45, 2.75) is 39.3 Å². The van der Waals surface area contributed by atoms with Crippen LogP contribution in [0.5, 0.6) is 11.5 Å². The summed E-state index contributed by atoms with van der Waals surface area (Å²) in [4.78, 5) is 16.9. The van der Waals surface area contributed by atoms with E-state index in [1.165, 1.54) is 21.0 Å². The number of methoxy groups -OCH3 is 2. The number of rotatable bonds is 8. The third-order valence-electron chi connectivity index (χ3n) is 6.11. The van der Waals surface area contributed by atoms with Crippen LogP contribution in [0.1, 0.15) is 42.3 Å². The molecule has 2 aromatic heterocycles. The minimum Gasteiger partial charge on any atom is -0.497 e. The van der Waals surface area contributed by atoms with Crippen LogP contribution in [-0.4, -0.2) is 42.8 Å². The summed E-state index contributed by atoms with van der Waals surface area (Å²) in [6, 6.07) is 9.07. The van der Waals surface area contributed by atoms with Gasteiger partial charge in [0.25, 0.3) is 0 Å². The molecule has 176 valence electrons. The van der Waals surface area contributed by atoms with Gasteiger partial charge in [0.05, 0.1) is 20.3 Å². The van der Waals surface area contributed by atoms with Crippen LogP contribution in [-0.2, 0) is 13.0 Å². The smallest absolute Gasteiger partial charge is 0.319 e. The Morgan fingerprint density at radius 1 is 1.12 bits per heavy atom. The highest BCUT2D eigenvalue weighted by Gasteiger charge is 2.29. The van der Waals surface area contributed by atoms with Crippen LogP contribution in [0.4, 0.5) is 10.5 Å². The van der Waals surface area contributed by atoms with Gasteiger partial charge in [0.2, 0.25) is 0 Å². The Kier molecular flexibility index (Phi) is 7.25. The zero-order valence-electron chi connectivity index (χ0n) is 19.7. The second-order valence-corrected chi connectivity index (χ2v) is 9.18. The third kappa shape index (κ3) is 5.02. The molecule has 0 saturated heterocycles. The number of thiophene rings is 1. The normalized spacial score (nSPS) is 14.4. The van der Waals surface area contributed by atoms with Crippen molar-refractivity contribution in [2.24, 2.45) is 0 Å². The first-order valence-corrected chi connectivity index (χ1v) is 12.2. The molecule has 0 radical (unpaired) electrons. The lowest BCUT2D eigenvalue weighted by atomic mass is 9.96. The number of amides is 2.